The second-order valence-electron chi connectivity index (χ2n) is 4.73. The molecule has 0 heterocycles. The van der Waals surface area contributed by atoms with E-state index in [1.807, 2.05) is 13.8 Å². The van der Waals surface area contributed by atoms with Crippen LogP contribution in [0.4, 0.5) is 0 Å². The van der Waals surface area contributed by atoms with Gasteiger partial charge in [0.25, 0.3) is 0 Å². The molecule has 0 unspecified atom stereocenters. The third-order valence-electron chi connectivity index (χ3n) is 1.93. The molecule has 78 valence electrons. The lowest BCUT2D eigenvalue weighted by Crippen LogP contribution is -2.17. The number of unbranched alkanes of at least 4 members (excludes halogenated alkanes) is 2. The maximum absolute atomic E-state index is 9.44. The van der Waals surface area contributed by atoms with Crippen molar-refractivity contribution in [3.8, 4) is 0 Å². The molecule has 0 rings (SSSR count). The Morgan fingerprint density at radius 3 is 2.31 bits per heavy atom. The van der Waals surface area contributed by atoms with Crippen molar-refractivity contribution in [3.63, 3.8) is 0 Å². The molecule has 0 radical (unpaired) electrons. The number of allylic oxidation sites excluding steroid dienone is 2. The summed E-state index contributed by atoms with van der Waals surface area (Å²) >= 11 is 0. The van der Waals surface area contributed by atoms with E-state index in [1.54, 1.807) is 0 Å². The Hall–Kier alpha value is -0.300. The second kappa shape index (κ2) is 6.20. The van der Waals surface area contributed by atoms with Gasteiger partial charge in [-0.15, -0.1) is 0 Å². The lowest BCUT2D eigenvalue weighted by molar-refractivity contribution is 0.0683. The van der Waals surface area contributed by atoms with E-state index in [9.17, 15) is 5.11 Å². The second-order valence-corrected chi connectivity index (χ2v) is 4.73. The molecule has 0 fully saturated rings. The van der Waals surface area contributed by atoms with Crippen molar-refractivity contribution in [2.24, 2.45) is 5.92 Å². The summed E-state index contributed by atoms with van der Waals surface area (Å²) in [6.07, 6.45) is 8.84. The SMILES string of the molecule is CC(C)C=CCCCCC(C)(C)O. The summed E-state index contributed by atoms with van der Waals surface area (Å²) in [5.74, 6) is 0.661. The number of aliphatic hydroxyl groups is 1. The summed E-state index contributed by atoms with van der Waals surface area (Å²) in [7, 11) is 0. The minimum absolute atomic E-state index is 0.484. The Morgan fingerprint density at radius 2 is 1.85 bits per heavy atom. The Morgan fingerprint density at radius 1 is 1.23 bits per heavy atom. The van der Waals surface area contributed by atoms with E-state index in [4.69, 9.17) is 0 Å². The molecule has 1 N–H and O–H groups in total. The zero-order chi connectivity index (χ0) is 10.3. The van der Waals surface area contributed by atoms with Crippen LogP contribution in [-0.4, -0.2) is 10.7 Å². The summed E-state index contributed by atoms with van der Waals surface area (Å²) < 4.78 is 0. The van der Waals surface area contributed by atoms with E-state index in [1.165, 1.54) is 6.42 Å². The minimum Gasteiger partial charge on any atom is -0.390 e. The van der Waals surface area contributed by atoms with Crippen molar-refractivity contribution >= 4 is 0 Å². The summed E-state index contributed by atoms with van der Waals surface area (Å²) in [6, 6.07) is 0. The van der Waals surface area contributed by atoms with Gasteiger partial charge >= 0.3 is 0 Å². The third-order valence-corrected chi connectivity index (χ3v) is 1.93. The van der Waals surface area contributed by atoms with Crippen molar-refractivity contribution in [2.45, 2.75) is 59.0 Å². The van der Waals surface area contributed by atoms with E-state index in [2.05, 4.69) is 26.0 Å². The van der Waals surface area contributed by atoms with E-state index in [0.717, 1.165) is 19.3 Å². The Balaban J connectivity index is 3.27. The fourth-order valence-electron chi connectivity index (χ4n) is 1.19. The molecule has 1 heteroatoms. The standard InChI is InChI=1S/C12H24O/c1-11(2)9-7-5-6-8-10-12(3,4)13/h7,9,11,13H,5-6,8,10H2,1-4H3. The summed E-state index contributed by atoms with van der Waals surface area (Å²) in [5, 5.41) is 9.44. The van der Waals surface area contributed by atoms with Crippen LogP contribution in [0.2, 0.25) is 0 Å². The Bertz CT molecular complexity index is 140. The molecule has 0 aliphatic heterocycles. The molecule has 0 amide bonds. The first kappa shape index (κ1) is 12.7. The zero-order valence-electron chi connectivity index (χ0n) is 9.51. The predicted octanol–water partition coefficient (Wildman–Crippen LogP) is 3.53. The molecule has 0 aromatic rings. The van der Waals surface area contributed by atoms with Crippen molar-refractivity contribution < 1.29 is 5.11 Å². The smallest absolute Gasteiger partial charge is 0.0591 e. The largest absolute Gasteiger partial charge is 0.390 e. The van der Waals surface area contributed by atoms with Gasteiger partial charge in [0.15, 0.2) is 0 Å². The van der Waals surface area contributed by atoms with Gasteiger partial charge in [0, 0.05) is 0 Å². The van der Waals surface area contributed by atoms with Crippen molar-refractivity contribution in [3.05, 3.63) is 12.2 Å². The summed E-state index contributed by atoms with van der Waals surface area (Å²) in [4.78, 5) is 0. The average Bonchev–Trinajstić information content (AvgIpc) is 1.93. The lowest BCUT2D eigenvalue weighted by Gasteiger charge is -2.15. The van der Waals surface area contributed by atoms with Crippen LogP contribution in [0.15, 0.2) is 12.2 Å². The van der Waals surface area contributed by atoms with Crippen LogP contribution in [0, 0.1) is 5.92 Å². The molecule has 13 heavy (non-hydrogen) atoms. The maximum atomic E-state index is 9.44. The van der Waals surface area contributed by atoms with Gasteiger partial charge in [-0.25, -0.2) is 0 Å². The van der Waals surface area contributed by atoms with Crippen molar-refractivity contribution in [2.75, 3.05) is 0 Å². The molecule has 0 aromatic carbocycles. The van der Waals surface area contributed by atoms with Crippen LogP contribution in [0.25, 0.3) is 0 Å². The highest BCUT2D eigenvalue weighted by molar-refractivity contribution is 4.84. The first-order valence-corrected chi connectivity index (χ1v) is 5.31. The molecule has 0 aromatic heterocycles. The van der Waals surface area contributed by atoms with Crippen LogP contribution >= 0.6 is 0 Å². The van der Waals surface area contributed by atoms with Crippen LogP contribution in [0.5, 0.6) is 0 Å². The number of rotatable bonds is 6. The molecule has 0 spiro atoms. The van der Waals surface area contributed by atoms with Crippen molar-refractivity contribution in [1.29, 1.82) is 0 Å². The van der Waals surface area contributed by atoms with Gasteiger partial charge in [-0.1, -0.05) is 32.4 Å². The Labute approximate surface area is 82.9 Å². The molecule has 0 saturated heterocycles. The summed E-state index contributed by atoms with van der Waals surface area (Å²) in [5.41, 5.74) is -0.484. The van der Waals surface area contributed by atoms with Gasteiger partial charge in [0.05, 0.1) is 5.60 Å². The van der Waals surface area contributed by atoms with Crippen LogP contribution in [-0.2, 0) is 0 Å². The van der Waals surface area contributed by atoms with Gasteiger partial charge in [-0.2, -0.15) is 0 Å². The quantitative estimate of drug-likeness (QED) is 0.494. The third kappa shape index (κ3) is 11.7. The zero-order valence-corrected chi connectivity index (χ0v) is 9.51. The van der Waals surface area contributed by atoms with E-state index < -0.39 is 5.60 Å². The highest BCUT2D eigenvalue weighted by Crippen LogP contribution is 2.13. The van der Waals surface area contributed by atoms with Crippen LogP contribution in [0.3, 0.4) is 0 Å². The van der Waals surface area contributed by atoms with E-state index in [-0.39, 0.29) is 0 Å². The van der Waals surface area contributed by atoms with Gasteiger partial charge in [-0.05, 0) is 39.0 Å². The van der Waals surface area contributed by atoms with Gasteiger partial charge < -0.3 is 5.11 Å². The fraction of sp³-hybridized carbons (Fsp3) is 0.833. The fourth-order valence-corrected chi connectivity index (χ4v) is 1.19. The molecule has 0 saturated carbocycles. The Kier molecular flexibility index (Phi) is 6.06. The number of hydrogen-bond donors (Lipinski definition) is 1. The van der Waals surface area contributed by atoms with E-state index in [0.29, 0.717) is 5.92 Å². The number of hydrogen-bond acceptors (Lipinski definition) is 1. The molecule has 0 aliphatic carbocycles. The molecule has 0 bridgehead atoms. The van der Waals surface area contributed by atoms with Crippen molar-refractivity contribution in [1.82, 2.24) is 0 Å². The molecule has 0 aliphatic rings. The molecule has 0 atom stereocenters. The monoisotopic (exact) mass is 184 g/mol. The minimum atomic E-state index is -0.484. The van der Waals surface area contributed by atoms with Gasteiger partial charge in [0.1, 0.15) is 0 Å². The molecular weight excluding hydrogens is 160 g/mol. The first-order chi connectivity index (χ1) is 5.92. The van der Waals surface area contributed by atoms with Gasteiger partial charge in [0.2, 0.25) is 0 Å². The van der Waals surface area contributed by atoms with E-state index >= 15 is 0 Å². The molecule has 1 nitrogen and oxygen atoms in total. The van der Waals surface area contributed by atoms with Crippen LogP contribution in [0.1, 0.15) is 53.4 Å². The summed E-state index contributed by atoms with van der Waals surface area (Å²) in [6.45, 7) is 8.12. The first-order valence-electron chi connectivity index (χ1n) is 5.31. The predicted molar refractivity (Wildman–Crippen MR) is 58.7 cm³/mol. The van der Waals surface area contributed by atoms with Gasteiger partial charge in [-0.3, -0.25) is 0 Å². The highest BCUT2D eigenvalue weighted by Gasteiger charge is 2.10. The molecular formula is C12H24O. The highest BCUT2D eigenvalue weighted by atomic mass is 16.3. The lowest BCUT2D eigenvalue weighted by atomic mass is 10.0. The van der Waals surface area contributed by atoms with Crippen LogP contribution < -0.4 is 0 Å². The average molecular weight is 184 g/mol. The topological polar surface area (TPSA) is 20.2 Å². The maximum Gasteiger partial charge on any atom is 0.0591 e. The normalized spacial score (nSPS) is 13.1.